The molecule has 72 valence electrons. The van der Waals surface area contributed by atoms with Crippen LogP contribution in [-0.4, -0.2) is 18.4 Å². The van der Waals surface area contributed by atoms with Crippen LogP contribution in [0.4, 0.5) is 4.79 Å². The van der Waals surface area contributed by atoms with E-state index < -0.39 is 6.16 Å². The summed E-state index contributed by atoms with van der Waals surface area (Å²) in [4.78, 5) is 10.9. The van der Waals surface area contributed by atoms with Crippen LogP contribution in [0, 0.1) is 0 Å². The van der Waals surface area contributed by atoms with E-state index in [4.69, 9.17) is 9.47 Å². The first-order valence-corrected chi connectivity index (χ1v) is 4.47. The lowest BCUT2D eigenvalue weighted by Crippen LogP contribution is -2.19. The summed E-state index contributed by atoms with van der Waals surface area (Å²) in [5, 5.41) is 0. The Morgan fingerprint density at radius 2 is 1.42 bits per heavy atom. The summed E-state index contributed by atoms with van der Waals surface area (Å²) in [6.07, 6.45) is 0.965. The minimum atomic E-state index is -0.557. The van der Waals surface area contributed by atoms with E-state index >= 15 is 0 Å². The van der Waals surface area contributed by atoms with Gasteiger partial charge in [0, 0.05) is 0 Å². The van der Waals surface area contributed by atoms with Crippen LogP contribution in [0.1, 0.15) is 40.5 Å². The fourth-order valence-electron chi connectivity index (χ4n) is 0.523. The molecule has 0 saturated heterocycles. The average Bonchev–Trinajstić information content (AvgIpc) is 2.03. The summed E-state index contributed by atoms with van der Waals surface area (Å²) in [5.74, 6) is 0. The fourth-order valence-corrected chi connectivity index (χ4v) is 0.523. The molecular weight excluding hydrogens is 156 g/mol. The highest BCUT2D eigenvalue weighted by Gasteiger charge is 2.11. The van der Waals surface area contributed by atoms with E-state index in [9.17, 15) is 4.79 Å². The van der Waals surface area contributed by atoms with E-state index in [1.165, 1.54) is 0 Å². The molecule has 12 heavy (non-hydrogen) atoms. The maximum absolute atomic E-state index is 10.9. The van der Waals surface area contributed by atoms with E-state index in [0.717, 1.165) is 12.8 Å². The Morgan fingerprint density at radius 3 is 1.67 bits per heavy atom. The van der Waals surface area contributed by atoms with Crippen molar-refractivity contribution in [3.8, 4) is 0 Å². The molecule has 0 heterocycles. The van der Waals surface area contributed by atoms with Gasteiger partial charge in [-0.15, -0.1) is 0 Å². The van der Waals surface area contributed by atoms with E-state index in [2.05, 4.69) is 0 Å². The summed E-state index contributed by atoms with van der Waals surface area (Å²) in [6.45, 7) is 7.61. The van der Waals surface area contributed by atoms with Gasteiger partial charge >= 0.3 is 6.16 Å². The van der Waals surface area contributed by atoms with Crippen molar-refractivity contribution in [2.24, 2.45) is 0 Å². The highest BCUT2D eigenvalue weighted by molar-refractivity contribution is 5.60. The topological polar surface area (TPSA) is 35.5 Å². The third kappa shape index (κ3) is 4.99. The van der Waals surface area contributed by atoms with Gasteiger partial charge in [-0.05, 0) is 26.7 Å². The molecule has 0 N–H and O–H groups in total. The fraction of sp³-hybridized carbons (Fsp3) is 0.889. The zero-order valence-corrected chi connectivity index (χ0v) is 8.29. The first-order chi connectivity index (χ1) is 5.60. The Bertz CT molecular complexity index is 120. The summed E-state index contributed by atoms with van der Waals surface area (Å²) in [7, 11) is 0. The van der Waals surface area contributed by atoms with Crippen molar-refractivity contribution in [1.29, 1.82) is 0 Å². The molecule has 0 bridgehead atoms. The molecule has 1 unspecified atom stereocenters. The molecule has 0 rings (SSSR count). The third-order valence-corrected chi connectivity index (χ3v) is 1.74. The first-order valence-electron chi connectivity index (χ1n) is 4.47. The second kappa shape index (κ2) is 5.86. The van der Waals surface area contributed by atoms with Crippen LogP contribution in [0.15, 0.2) is 0 Å². The molecule has 0 spiro atoms. The summed E-state index contributed by atoms with van der Waals surface area (Å²) in [6, 6.07) is 0. The highest BCUT2D eigenvalue weighted by Crippen LogP contribution is 2.02. The molecular formula is C9H18O3. The molecule has 2 atom stereocenters. The van der Waals surface area contributed by atoms with Gasteiger partial charge < -0.3 is 9.47 Å². The minimum Gasteiger partial charge on any atom is -0.431 e. The molecule has 0 aliphatic carbocycles. The van der Waals surface area contributed by atoms with Crippen molar-refractivity contribution in [3.05, 3.63) is 0 Å². The largest absolute Gasteiger partial charge is 0.508 e. The van der Waals surface area contributed by atoms with Gasteiger partial charge in [0.05, 0.1) is 0 Å². The van der Waals surface area contributed by atoms with E-state index in [0.29, 0.717) is 0 Å². The van der Waals surface area contributed by atoms with Gasteiger partial charge in [-0.3, -0.25) is 0 Å². The molecule has 3 heteroatoms. The smallest absolute Gasteiger partial charge is 0.431 e. The van der Waals surface area contributed by atoms with Crippen LogP contribution >= 0.6 is 0 Å². The standard InChI is InChI=1S/C9H18O3/c1-5-7(3)11-9(10)12-8(4)6-2/h7-8H,5-6H2,1-4H3/t7-,8?/m0/s1. The maximum atomic E-state index is 10.9. The van der Waals surface area contributed by atoms with Crippen LogP contribution in [-0.2, 0) is 9.47 Å². The Balaban J connectivity index is 3.59. The third-order valence-electron chi connectivity index (χ3n) is 1.74. The van der Waals surface area contributed by atoms with Crippen LogP contribution in [0.3, 0.4) is 0 Å². The molecule has 0 radical (unpaired) electrons. The van der Waals surface area contributed by atoms with Gasteiger partial charge in [0.25, 0.3) is 0 Å². The maximum Gasteiger partial charge on any atom is 0.508 e. The van der Waals surface area contributed by atoms with Gasteiger partial charge in [0.2, 0.25) is 0 Å². The van der Waals surface area contributed by atoms with Crippen molar-refractivity contribution in [2.75, 3.05) is 0 Å². The number of hydrogen-bond acceptors (Lipinski definition) is 3. The van der Waals surface area contributed by atoms with E-state index in [1.807, 2.05) is 27.7 Å². The number of ether oxygens (including phenoxy) is 2. The summed E-state index contributed by atoms with van der Waals surface area (Å²) < 4.78 is 9.82. The monoisotopic (exact) mass is 174 g/mol. The quantitative estimate of drug-likeness (QED) is 0.615. The highest BCUT2D eigenvalue weighted by atomic mass is 16.7. The lowest BCUT2D eigenvalue weighted by atomic mass is 10.3. The summed E-state index contributed by atoms with van der Waals surface area (Å²) >= 11 is 0. The Morgan fingerprint density at radius 1 is 1.08 bits per heavy atom. The number of rotatable bonds is 4. The van der Waals surface area contributed by atoms with Crippen molar-refractivity contribution < 1.29 is 14.3 Å². The van der Waals surface area contributed by atoms with Crippen LogP contribution in [0.25, 0.3) is 0 Å². The molecule has 0 aliphatic heterocycles. The zero-order valence-electron chi connectivity index (χ0n) is 8.29. The van der Waals surface area contributed by atoms with Gasteiger partial charge in [-0.2, -0.15) is 0 Å². The Labute approximate surface area is 74.0 Å². The van der Waals surface area contributed by atoms with Gasteiger partial charge in [-0.25, -0.2) is 4.79 Å². The van der Waals surface area contributed by atoms with Crippen molar-refractivity contribution >= 4 is 6.16 Å². The van der Waals surface area contributed by atoms with Crippen LogP contribution < -0.4 is 0 Å². The Hall–Kier alpha value is -0.730. The Kier molecular flexibility index (Phi) is 5.51. The van der Waals surface area contributed by atoms with Crippen LogP contribution in [0.2, 0.25) is 0 Å². The van der Waals surface area contributed by atoms with Crippen molar-refractivity contribution in [2.45, 2.75) is 52.7 Å². The molecule has 0 aromatic carbocycles. The van der Waals surface area contributed by atoms with Crippen LogP contribution in [0.5, 0.6) is 0 Å². The molecule has 0 aromatic rings. The summed E-state index contributed by atoms with van der Waals surface area (Å²) in [5.41, 5.74) is 0. The second-order valence-corrected chi connectivity index (χ2v) is 2.92. The molecule has 0 fully saturated rings. The van der Waals surface area contributed by atoms with Crippen molar-refractivity contribution in [3.63, 3.8) is 0 Å². The van der Waals surface area contributed by atoms with Gasteiger partial charge in [0.15, 0.2) is 0 Å². The van der Waals surface area contributed by atoms with E-state index in [1.54, 1.807) is 0 Å². The lowest BCUT2D eigenvalue weighted by Gasteiger charge is -2.14. The van der Waals surface area contributed by atoms with Gasteiger partial charge in [0.1, 0.15) is 12.2 Å². The predicted molar refractivity (Wildman–Crippen MR) is 47.1 cm³/mol. The number of carbonyl (C=O) groups excluding carboxylic acids is 1. The zero-order chi connectivity index (χ0) is 9.56. The number of carbonyl (C=O) groups is 1. The lowest BCUT2D eigenvalue weighted by molar-refractivity contribution is 0.00599. The molecule has 3 nitrogen and oxygen atoms in total. The number of hydrogen-bond donors (Lipinski definition) is 0. The van der Waals surface area contributed by atoms with Crippen molar-refractivity contribution in [1.82, 2.24) is 0 Å². The molecule has 0 amide bonds. The predicted octanol–water partition coefficient (Wildman–Crippen LogP) is 2.74. The second-order valence-electron chi connectivity index (χ2n) is 2.92. The molecule has 0 aliphatic rings. The van der Waals surface area contributed by atoms with Gasteiger partial charge in [-0.1, -0.05) is 13.8 Å². The van der Waals surface area contributed by atoms with E-state index in [-0.39, 0.29) is 12.2 Å². The molecule has 0 aromatic heterocycles. The SMILES string of the molecule is CCC(C)OC(=O)O[C@@H](C)CC. The minimum absolute atomic E-state index is 0.0541. The molecule has 0 saturated carbocycles. The average molecular weight is 174 g/mol. The first kappa shape index (κ1) is 11.3. The normalized spacial score (nSPS) is 15.0.